The van der Waals surface area contributed by atoms with Crippen molar-refractivity contribution in [3.63, 3.8) is 0 Å². The number of rotatable bonds is 3. The summed E-state index contributed by atoms with van der Waals surface area (Å²) in [6, 6.07) is 4.24. The van der Waals surface area contributed by atoms with Gasteiger partial charge in [-0.15, -0.1) is 0 Å². The normalized spacial score (nSPS) is 12.2. The van der Waals surface area contributed by atoms with E-state index in [-0.39, 0.29) is 11.6 Å². The molecule has 0 spiro atoms. The van der Waals surface area contributed by atoms with Crippen LogP contribution in [0, 0.1) is 12.7 Å². The van der Waals surface area contributed by atoms with Gasteiger partial charge in [0.15, 0.2) is 0 Å². The molecule has 18 heavy (non-hydrogen) atoms. The van der Waals surface area contributed by atoms with E-state index >= 15 is 0 Å². The number of aromatic amines is 1. The Morgan fingerprint density at radius 3 is 2.94 bits per heavy atom. The summed E-state index contributed by atoms with van der Waals surface area (Å²) in [6.07, 6.45) is 3.31. The van der Waals surface area contributed by atoms with Gasteiger partial charge in [-0.05, 0) is 26.0 Å². The molecule has 94 valence electrons. The lowest BCUT2D eigenvalue weighted by atomic mass is 10.1. The number of nitrogens with one attached hydrogen (secondary N) is 2. The molecule has 0 aliphatic carbocycles. The van der Waals surface area contributed by atoms with Gasteiger partial charge in [-0.2, -0.15) is 5.10 Å². The van der Waals surface area contributed by atoms with Gasteiger partial charge in [0.1, 0.15) is 5.82 Å². The molecule has 5 heteroatoms. The Labute approximate surface area is 104 Å². The molecule has 0 bridgehead atoms. The maximum atomic E-state index is 13.5. The highest BCUT2D eigenvalue weighted by Gasteiger charge is 2.15. The van der Waals surface area contributed by atoms with Crippen LogP contribution in [0.3, 0.4) is 0 Å². The number of nitrogens with zero attached hydrogens (tertiary/aromatic N) is 1. The summed E-state index contributed by atoms with van der Waals surface area (Å²) in [5.74, 6) is -0.942. The van der Waals surface area contributed by atoms with Crippen LogP contribution in [0.1, 0.15) is 34.5 Å². The predicted molar refractivity (Wildman–Crippen MR) is 65.6 cm³/mol. The van der Waals surface area contributed by atoms with Crippen LogP contribution in [0.2, 0.25) is 0 Å². The number of halogens is 1. The predicted octanol–water partition coefficient (Wildman–Crippen LogP) is 2.35. The van der Waals surface area contributed by atoms with Gasteiger partial charge in [0, 0.05) is 11.8 Å². The van der Waals surface area contributed by atoms with Gasteiger partial charge < -0.3 is 5.32 Å². The fraction of sp³-hybridized carbons (Fsp3) is 0.231. The van der Waals surface area contributed by atoms with Crippen LogP contribution in [-0.4, -0.2) is 16.1 Å². The van der Waals surface area contributed by atoms with Crippen LogP contribution in [0.15, 0.2) is 30.6 Å². The number of hydrogen-bond donors (Lipinski definition) is 2. The summed E-state index contributed by atoms with van der Waals surface area (Å²) < 4.78 is 13.5. The average molecular weight is 247 g/mol. The van der Waals surface area contributed by atoms with Crippen LogP contribution in [0.4, 0.5) is 4.39 Å². The monoisotopic (exact) mass is 247 g/mol. The van der Waals surface area contributed by atoms with Crippen molar-refractivity contribution in [2.24, 2.45) is 0 Å². The molecule has 1 aromatic heterocycles. The zero-order chi connectivity index (χ0) is 13.1. The first-order chi connectivity index (χ1) is 8.58. The SMILES string of the molecule is Cc1ccc(F)c(C(=O)NC(C)c2cn[nH]c2)c1. The summed E-state index contributed by atoms with van der Waals surface area (Å²) in [6.45, 7) is 3.63. The Morgan fingerprint density at radius 2 is 2.28 bits per heavy atom. The van der Waals surface area contributed by atoms with Crippen molar-refractivity contribution in [2.75, 3.05) is 0 Å². The molecule has 0 saturated heterocycles. The third kappa shape index (κ3) is 2.56. The Bertz CT molecular complexity index is 551. The molecule has 1 aromatic carbocycles. The van der Waals surface area contributed by atoms with Gasteiger partial charge in [0.05, 0.1) is 17.8 Å². The lowest BCUT2D eigenvalue weighted by Crippen LogP contribution is -2.27. The number of amides is 1. The van der Waals surface area contributed by atoms with Crippen LogP contribution in [-0.2, 0) is 0 Å². The zero-order valence-corrected chi connectivity index (χ0v) is 10.2. The molecule has 1 heterocycles. The third-order valence-electron chi connectivity index (χ3n) is 2.73. The van der Waals surface area contributed by atoms with Gasteiger partial charge in [0.25, 0.3) is 5.91 Å². The van der Waals surface area contributed by atoms with Gasteiger partial charge in [0.2, 0.25) is 0 Å². The molecular formula is C13H14FN3O. The lowest BCUT2D eigenvalue weighted by Gasteiger charge is -2.12. The second-order valence-electron chi connectivity index (χ2n) is 4.21. The number of aryl methyl sites for hydroxylation is 1. The fourth-order valence-electron chi connectivity index (χ4n) is 1.67. The van der Waals surface area contributed by atoms with E-state index in [0.717, 1.165) is 11.1 Å². The van der Waals surface area contributed by atoms with Gasteiger partial charge in [-0.3, -0.25) is 9.89 Å². The zero-order valence-electron chi connectivity index (χ0n) is 10.2. The summed E-state index contributed by atoms with van der Waals surface area (Å²) in [4.78, 5) is 11.9. The van der Waals surface area contributed by atoms with E-state index in [1.165, 1.54) is 12.1 Å². The summed E-state index contributed by atoms with van der Waals surface area (Å²) in [5.41, 5.74) is 1.75. The van der Waals surface area contributed by atoms with E-state index in [1.807, 2.05) is 13.8 Å². The molecule has 2 aromatic rings. The standard InChI is InChI=1S/C13H14FN3O/c1-8-3-4-12(14)11(5-8)13(18)17-9(2)10-6-15-16-7-10/h3-7,9H,1-2H3,(H,15,16)(H,17,18). The first-order valence-corrected chi connectivity index (χ1v) is 5.63. The van der Waals surface area contributed by atoms with E-state index in [4.69, 9.17) is 0 Å². The van der Waals surface area contributed by atoms with E-state index in [9.17, 15) is 9.18 Å². The maximum absolute atomic E-state index is 13.5. The molecule has 0 aliphatic heterocycles. The van der Waals surface area contributed by atoms with Gasteiger partial charge in [-0.25, -0.2) is 4.39 Å². The van der Waals surface area contributed by atoms with Crippen molar-refractivity contribution in [1.29, 1.82) is 0 Å². The molecule has 1 atom stereocenters. The minimum absolute atomic E-state index is 0.0605. The third-order valence-corrected chi connectivity index (χ3v) is 2.73. The minimum Gasteiger partial charge on any atom is -0.345 e. The smallest absolute Gasteiger partial charge is 0.254 e. The minimum atomic E-state index is -0.516. The van der Waals surface area contributed by atoms with Crippen LogP contribution >= 0.6 is 0 Å². The van der Waals surface area contributed by atoms with E-state index in [1.54, 1.807) is 18.5 Å². The fourth-order valence-corrected chi connectivity index (χ4v) is 1.67. The van der Waals surface area contributed by atoms with Gasteiger partial charge in [-0.1, -0.05) is 11.6 Å². The number of hydrogen-bond acceptors (Lipinski definition) is 2. The Hall–Kier alpha value is -2.17. The Kier molecular flexibility index (Phi) is 3.41. The second kappa shape index (κ2) is 5.00. The van der Waals surface area contributed by atoms with Crippen LogP contribution < -0.4 is 5.32 Å². The molecule has 2 N–H and O–H groups in total. The number of H-pyrrole nitrogens is 1. The lowest BCUT2D eigenvalue weighted by molar-refractivity contribution is 0.0935. The quantitative estimate of drug-likeness (QED) is 0.874. The number of carbonyl (C=O) groups excluding carboxylic acids is 1. The van der Waals surface area contributed by atoms with Crippen molar-refractivity contribution >= 4 is 5.91 Å². The summed E-state index contributed by atoms with van der Waals surface area (Å²) in [5, 5.41) is 9.20. The van der Waals surface area contributed by atoms with E-state index < -0.39 is 11.7 Å². The van der Waals surface area contributed by atoms with Crippen molar-refractivity contribution in [2.45, 2.75) is 19.9 Å². The molecule has 1 unspecified atom stereocenters. The number of benzene rings is 1. The highest BCUT2D eigenvalue weighted by Crippen LogP contribution is 2.13. The first kappa shape index (κ1) is 12.3. The molecule has 0 saturated carbocycles. The molecule has 0 fully saturated rings. The topological polar surface area (TPSA) is 57.8 Å². The Morgan fingerprint density at radius 1 is 1.50 bits per heavy atom. The van der Waals surface area contributed by atoms with Crippen molar-refractivity contribution < 1.29 is 9.18 Å². The molecule has 2 rings (SSSR count). The number of carbonyl (C=O) groups is 1. The summed E-state index contributed by atoms with van der Waals surface area (Å²) >= 11 is 0. The molecular weight excluding hydrogens is 233 g/mol. The van der Waals surface area contributed by atoms with Crippen LogP contribution in [0.25, 0.3) is 0 Å². The second-order valence-corrected chi connectivity index (χ2v) is 4.21. The highest BCUT2D eigenvalue weighted by molar-refractivity contribution is 5.94. The first-order valence-electron chi connectivity index (χ1n) is 5.63. The Balaban J connectivity index is 2.15. The van der Waals surface area contributed by atoms with Crippen LogP contribution in [0.5, 0.6) is 0 Å². The molecule has 1 amide bonds. The maximum Gasteiger partial charge on any atom is 0.254 e. The van der Waals surface area contributed by atoms with Crippen molar-refractivity contribution in [1.82, 2.24) is 15.5 Å². The van der Waals surface area contributed by atoms with E-state index in [2.05, 4.69) is 15.5 Å². The van der Waals surface area contributed by atoms with E-state index in [0.29, 0.717) is 0 Å². The van der Waals surface area contributed by atoms with Crippen molar-refractivity contribution in [3.8, 4) is 0 Å². The molecule has 4 nitrogen and oxygen atoms in total. The molecule has 0 aliphatic rings. The van der Waals surface area contributed by atoms with Crippen molar-refractivity contribution in [3.05, 3.63) is 53.1 Å². The summed E-state index contributed by atoms with van der Waals surface area (Å²) in [7, 11) is 0. The molecule has 0 radical (unpaired) electrons. The average Bonchev–Trinajstić information content (AvgIpc) is 2.85. The number of aromatic nitrogens is 2. The highest BCUT2D eigenvalue weighted by atomic mass is 19.1. The largest absolute Gasteiger partial charge is 0.345 e. The van der Waals surface area contributed by atoms with Gasteiger partial charge >= 0.3 is 0 Å².